The highest BCUT2D eigenvalue weighted by molar-refractivity contribution is 6.18. The van der Waals surface area contributed by atoms with Crippen LogP contribution in [-0.2, 0) is 16.1 Å². The SMILES string of the molecule is Cc1ccc2c(c1)NC(=O)C(C)(C(=O)Nc1cnn(Cc3ccccc3)c1)O2. The molecule has 7 nitrogen and oxygen atoms in total. The summed E-state index contributed by atoms with van der Waals surface area (Å²) in [6.07, 6.45) is 3.26. The number of anilines is 2. The zero-order chi connectivity index (χ0) is 19.7. The molecule has 2 heterocycles. The molecule has 0 saturated heterocycles. The first kappa shape index (κ1) is 17.8. The normalized spacial score (nSPS) is 18.0. The molecule has 3 aromatic rings. The summed E-state index contributed by atoms with van der Waals surface area (Å²) in [6.45, 7) is 3.95. The van der Waals surface area contributed by atoms with Crippen molar-refractivity contribution in [2.45, 2.75) is 26.0 Å². The fourth-order valence-electron chi connectivity index (χ4n) is 3.02. The number of nitrogens with zero attached hydrogens (tertiary/aromatic N) is 2. The molecule has 2 N–H and O–H groups in total. The Balaban J connectivity index is 1.49. The molecule has 2 aromatic carbocycles. The fourth-order valence-corrected chi connectivity index (χ4v) is 3.02. The summed E-state index contributed by atoms with van der Waals surface area (Å²) in [5.74, 6) is -0.613. The highest BCUT2D eigenvalue weighted by Crippen LogP contribution is 2.34. The summed E-state index contributed by atoms with van der Waals surface area (Å²) in [5.41, 5.74) is 1.46. The number of carbonyl (C=O) groups excluding carboxylic acids is 2. The minimum atomic E-state index is -1.68. The van der Waals surface area contributed by atoms with Gasteiger partial charge in [0.25, 0.3) is 17.4 Å². The van der Waals surface area contributed by atoms with Crippen LogP contribution in [0.4, 0.5) is 11.4 Å². The average Bonchev–Trinajstić information content (AvgIpc) is 3.10. The predicted octanol–water partition coefficient (Wildman–Crippen LogP) is 2.97. The maximum atomic E-state index is 12.8. The second kappa shape index (κ2) is 6.84. The van der Waals surface area contributed by atoms with Crippen molar-refractivity contribution in [3.05, 3.63) is 72.1 Å². The number of aryl methyl sites for hydroxylation is 1. The summed E-state index contributed by atoms with van der Waals surface area (Å²) in [5, 5.41) is 9.73. The van der Waals surface area contributed by atoms with Gasteiger partial charge in [0, 0.05) is 6.20 Å². The van der Waals surface area contributed by atoms with Crippen LogP contribution in [0.5, 0.6) is 5.75 Å². The lowest BCUT2D eigenvalue weighted by Crippen LogP contribution is -2.56. The van der Waals surface area contributed by atoms with Gasteiger partial charge in [0.05, 0.1) is 24.1 Å². The number of hydrogen-bond acceptors (Lipinski definition) is 4. The van der Waals surface area contributed by atoms with Crippen molar-refractivity contribution in [1.29, 1.82) is 0 Å². The lowest BCUT2D eigenvalue weighted by molar-refractivity contribution is -0.143. The number of fused-ring (bicyclic) bond motifs is 1. The van der Waals surface area contributed by atoms with Gasteiger partial charge in [0.15, 0.2) is 0 Å². The van der Waals surface area contributed by atoms with Crippen LogP contribution in [0, 0.1) is 6.92 Å². The van der Waals surface area contributed by atoms with Crippen molar-refractivity contribution >= 4 is 23.2 Å². The Morgan fingerprint density at radius 3 is 2.82 bits per heavy atom. The van der Waals surface area contributed by atoms with Gasteiger partial charge in [-0.2, -0.15) is 5.10 Å². The number of benzene rings is 2. The standard InChI is InChI=1S/C21H20N4O3/c1-14-8-9-18-17(10-14)24-20(27)21(2,28-18)19(26)23-16-11-22-25(13-16)12-15-6-4-3-5-7-15/h3-11,13H,12H2,1-2H3,(H,23,26)(H,24,27). The lowest BCUT2D eigenvalue weighted by atomic mass is 10.0. The summed E-state index contributed by atoms with van der Waals surface area (Å²) in [6, 6.07) is 15.3. The quantitative estimate of drug-likeness (QED) is 0.686. The van der Waals surface area contributed by atoms with Crippen LogP contribution in [0.25, 0.3) is 0 Å². The van der Waals surface area contributed by atoms with Crippen LogP contribution in [0.3, 0.4) is 0 Å². The Hall–Kier alpha value is -3.61. The molecule has 2 amide bonds. The van der Waals surface area contributed by atoms with Crippen molar-refractivity contribution in [2.75, 3.05) is 10.6 Å². The molecule has 0 spiro atoms. The Bertz CT molecular complexity index is 1040. The van der Waals surface area contributed by atoms with Gasteiger partial charge >= 0.3 is 0 Å². The third-order valence-corrected chi connectivity index (χ3v) is 4.64. The van der Waals surface area contributed by atoms with E-state index in [9.17, 15) is 9.59 Å². The van der Waals surface area contributed by atoms with Crippen LogP contribution in [0.1, 0.15) is 18.1 Å². The van der Waals surface area contributed by atoms with Gasteiger partial charge < -0.3 is 15.4 Å². The topological polar surface area (TPSA) is 85.3 Å². The second-order valence-electron chi connectivity index (χ2n) is 6.96. The van der Waals surface area contributed by atoms with Gasteiger partial charge in [0.2, 0.25) is 0 Å². The van der Waals surface area contributed by atoms with Crippen LogP contribution >= 0.6 is 0 Å². The highest BCUT2D eigenvalue weighted by Gasteiger charge is 2.47. The molecule has 1 atom stereocenters. The van der Waals surface area contributed by atoms with Crippen LogP contribution in [0.15, 0.2) is 60.9 Å². The monoisotopic (exact) mass is 376 g/mol. The van der Waals surface area contributed by atoms with Gasteiger partial charge in [-0.15, -0.1) is 0 Å². The summed E-state index contributed by atoms with van der Waals surface area (Å²) < 4.78 is 7.49. The van der Waals surface area contributed by atoms with Gasteiger partial charge in [-0.05, 0) is 37.1 Å². The van der Waals surface area contributed by atoms with E-state index in [-0.39, 0.29) is 0 Å². The molecule has 0 aliphatic carbocycles. The van der Waals surface area contributed by atoms with E-state index in [4.69, 9.17) is 4.74 Å². The third kappa shape index (κ3) is 3.34. The van der Waals surface area contributed by atoms with Crippen LogP contribution < -0.4 is 15.4 Å². The van der Waals surface area contributed by atoms with Crippen molar-refractivity contribution in [2.24, 2.45) is 0 Å². The van der Waals surface area contributed by atoms with E-state index in [0.29, 0.717) is 23.7 Å². The Kier molecular flexibility index (Phi) is 4.35. The Labute approximate surface area is 162 Å². The second-order valence-corrected chi connectivity index (χ2v) is 6.96. The number of aromatic nitrogens is 2. The molecule has 1 aromatic heterocycles. The molecular weight excluding hydrogens is 356 g/mol. The van der Waals surface area contributed by atoms with E-state index >= 15 is 0 Å². The zero-order valence-corrected chi connectivity index (χ0v) is 15.6. The van der Waals surface area contributed by atoms with Crippen LogP contribution in [-0.4, -0.2) is 27.2 Å². The third-order valence-electron chi connectivity index (χ3n) is 4.64. The summed E-state index contributed by atoms with van der Waals surface area (Å²) in [4.78, 5) is 25.4. The molecule has 1 aliphatic rings. The fraction of sp³-hybridized carbons (Fsp3) is 0.190. The predicted molar refractivity (Wildman–Crippen MR) is 105 cm³/mol. The highest BCUT2D eigenvalue weighted by atomic mass is 16.5. The molecule has 0 saturated carbocycles. The van der Waals surface area contributed by atoms with E-state index in [1.54, 1.807) is 29.2 Å². The number of carbonyl (C=O) groups is 2. The molecule has 0 radical (unpaired) electrons. The maximum Gasteiger partial charge on any atom is 0.278 e. The molecular formula is C21H20N4O3. The molecule has 0 bridgehead atoms. The average molecular weight is 376 g/mol. The molecule has 1 aliphatic heterocycles. The van der Waals surface area contributed by atoms with E-state index in [0.717, 1.165) is 11.1 Å². The Morgan fingerprint density at radius 1 is 1.25 bits per heavy atom. The van der Waals surface area contributed by atoms with E-state index in [2.05, 4.69) is 15.7 Å². The molecule has 28 heavy (non-hydrogen) atoms. The molecule has 4 rings (SSSR count). The van der Waals surface area contributed by atoms with Crippen molar-refractivity contribution in [3.63, 3.8) is 0 Å². The van der Waals surface area contributed by atoms with Gasteiger partial charge in [0.1, 0.15) is 5.75 Å². The van der Waals surface area contributed by atoms with Crippen molar-refractivity contribution in [1.82, 2.24) is 9.78 Å². The number of nitrogens with one attached hydrogen (secondary N) is 2. The number of rotatable bonds is 4. The van der Waals surface area contributed by atoms with Crippen molar-refractivity contribution < 1.29 is 14.3 Å². The minimum Gasteiger partial charge on any atom is -0.466 e. The molecule has 142 valence electrons. The maximum absolute atomic E-state index is 12.8. The number of ether oxygens (including phenoxy) is 1. The van der Waals surface area contributed by atoms with E-state index in [1.807, 2.05) is 43.3 Å². The zero-order valence-electron chi connectivity index (χ0n) is 15.6. The number of amides is 2. The number of hydrogen-bond donors (Lipinski definition) is 2. The van der Waals surface area contributed by atoms with E-state index in [1.165, 1.54) is 6.92 Å². The summed E-state index contributed by atoms with van der Waals surface area (Å²) >= 11 is 0. The lowest BCUT2D eigenvalue weighted by Gasteiger charge is -2.33. The summed E-state index contributed by atoms with van der Waals surface area (Å²) in [7, 11) is 0. The van der Waals surface area contributed by atoms with E-state index < -0.39 is 17.4 Å². The van der Waals surface area contributed by atoms with Gasteiger partial charge in [-0.1, -0.05) is 36.4 Å². The smallest absolute Gasteiger partial charge is 0.278 e. The Morgan fingerprint density at radius 2 is 2.04 bits per heavy atom. The van der Waals surface area contributed by atoms with Crippen molar-refractivity contribution in [3.8, 4) is 5.75 Å². The molecule has 0 fully saturated rings. The van der Waals surface area contributed by atoms with Crippen LogP contribution in [0.2, 0.25) is 0 Å². The van der Waals surface area contributed by atoms with Gasteiger partial charge in [-0.25, -0.2) is 0 Å². The minimum absolute atomic E-state index is 0.461. The first-order valence-corrected chi connectivity index (χ1v) is 8.93. The largest absolute Gasteiger partial charge is 0.466 e. The van der Waals surface area contributed by atoms with Gasteiger partial charge in [-0.3, -0.25) is 14.3 Å². The molecule has 1 unspecified atom stereocenters. The first-order chi connectivity index (χ1) is 13.4. The first-order valence-electron chi connectivity index (χ1n) is 8.93. The molecule has 7 heteroatoms.